The average molecular weight is 367 g/mol. The van der Waals surface area contributed by atoms with E-state index in [0.717, 1.165) is 12.8 Å². The lowest BCUT2D eigenvalue weighted by molar-refractivity contribution is -0.137. The highest BCUT2D eigenvalue weighted by atomic mass is 16.4. The Hall–Kier alpha value is -0.790. The van der Waals surface area contributed by atoms with Gasteiger partial charge < -0.3 is 5.11 Å². The summed E-state index contributed by atoms with van der Waals surface area (Å²) in [7, 11) is 0. The zero-order valence-corrected chi connectivity index (χ0v) is 17.7. The van der Waals surface area contributed by atoms with Gasteiger partial charge in [-0.3, -0.25) is 4.79 Å². The van der Waals surface area contributed by atoms with Gasteiger partial charge in [0.2, 0.25) is 0 Å². The second-order valence-corrected chi connectivity index (χ2v) is 7.85. The molecule has 0 atom stereocenters. The van der Waals surface area contributed by atoms with Crippen LogP contribution in [0.15, 0.2) is 12.2 Å². The van der Waals surface area contributed by atoms with Gasteiger partial charge in [-0.05, 0) is 25.7 Å². The topological polar surface area (TPSA) is 37.3 Å². The van der Waals surface area contributed by atoms with Gasteiger partial charge in [0.1, 0.15) is 0 Å². The van der Waals surface area contributed by atoms with Gasteiger partial charge >= 0.3 is 5.97 Å². The summed E-state index contributed by atoms with van der Waals surface area (Å²) >= 11 is 0. The van der Waals surface area contributed by atoms with Crippen molar-refractivity contribution < 1.29 is 9.90 Å². The van der Waals surface area contributed by atoms with E-state index >= 15 is 0 Å². The molecule has 0 fully saturated rings. The summed E-state index contributed by atoms with van der Waals surface area (Å²) in [5.41, 5.74) is 0. The van der Waals surface area contributed by atoms with E-state index in [0.29, 0.717) is 6.42 Å². The Balaban J connectivity index is 3.02. The minimum absolute atomic E-state index is 0.344. The molecule has 0 bridgehead atoms. The van der Waals surface area contributed by atoms with Crippen LogP contribution in [-0.2, 0) is 4.79 Å². The van der Waals surface area contributed by atoms with E-state index in [1.165, 1.54) is 109 Å². The molecule has 0 aliphatic rings. The first-order valence-corrected chi connectivity index (χ1v) is 11.6. The van der Waals surface area contributed by atoms with Gasteiger partial charge in [-0.15, -0.1) is 0 Å². The Morgan fingerprint density at radius 2 is 0.923 bits per heavy atom. The highest BCUT2D eigenvalue weighted by molar-refractivity contribution is 5.66. The molecule has 0 spiro atoms. The molecule has 0 saturated carbocycles. The molecule has 154 valence electrons. The summed E-state index contributed by atoms with van der Waals surface area (Å²) in [6.45, 7) is 2.24. The summed E-state index contributed by atoms with van der Waals surface area (Å²) in [5, 5.41) is 8.57. The number of unbranched alkanes of at least 4 members (excludes halogenated alkanes) is 17. The number of carboxylic acid groups (broad SMARTS) is 1. The minimum Gasteiger partial charge on any atom is -0.481 e. The zero-order chi connectivity index (χ0) is 19.1. The van der Waals surface area contributed by atoms with Crippen molar-refractivity contribution in [1.82, 2.24) is 0 Å². The third kappa shape index (κ3) is 23.2. The second kappa shape index (κ2) is 22.3. The number of hydrogen-bond acceptors (Lipinski definition) is 1. The standard InChI is InChI=1S/C24H46O2/c1-2-3-4-5-6-7-8-9-10-11-12-13-14-15-16-17-18-19-20-21-22-23-24(25)26/h4-5H,2-3,6-23H2,1H3,(H,25,26). The summed E-state index contributed by atoms with van der Waals surface area (Å²) in [4.78, 5) is 10.4. The quantitative estimate of drug-likeness (QED) is 0.163. The molecule has 26 heavy (non-hydrogen) atoms. The zero-order valence-electron chi connectivity index (χ0n) is 17.7. The first-order chi connectivity index (χ1) is 12.8. The van der Waals surface area contributed by atoms with E-state index in [4.69, 9.17) is 5.11 Å². The van der Waals surface area contributed by atoms with Gasteiger partial charge in [0.25, 0.3) is 0 Å². The van der Waals surface area contributed by atoms with Crippen molar-refractivity contribution in [3.05, 3.63) is 12.2 Å². The largest absolute Gasteiger partial charge is 0.481 e. The van der Waals surface area contributed by atoms with Crippen molar-refractivity contribution in [2.45, 2.75) is 135 Å². The fourth-order valence-corrected chi connectivity index (χ4v) is 3.42. The third-order valence-corrected chi connectivity index (χ3v) is 5.13. The van der Waals surface area contributed by atoms with E-state index < -0.39 is 5.97 Å². The van der Waals surface area contributed by atoms with Crippen LogP contribution < -0.4 is 0 Å². The Bertz CT molecular complexity index is 309. The van der Waals surface area contributed by atoms with Crippen molar-refractivity contribution in [2.24, 2.45) is 0 Å². The predicted octanol–water partition coefficient (Wildman–Crippen LogP) is 8.45. The highest BCUT2D eigenvalue weighted by Crippen LogP contribution is 2.14. The molecule has 0 aromatic rings. The molecule has 0 radical (unpaired) electrons. The van der Waals surface area contributed by atoms with E-state index in [2.05, 4.69) is 19.1 Å². The molecule has 0 aromatic heterocycles. The predicted molar refractivity (Wildman–Crippen MR) is 115 cm³/mol. The maximum absolute atomic E-state index is 10.4. The van der Waals surface area contributed by atoms with E-state index in [-0.39, 0.29) is 0 Å². The van der Waals surface area contributed by atoms with Crippen LogP contribution in [0.25, 0.3) is 0 Å². The lowest BCUT2D eigenvalue weighted by Crippen LogP contribution is -1.93. The fraction of sp³-hybridized carbons (Fsp3) is 0.875. The molecule has 0 aliphatic carbocycles. The van der Waals surface area contributed by atoms with Crippen molar-refractivity contribution in [1.29, 1.82) is 0 Å². The molecule has 2 heteroatoms. The summed E-state index contributed by atoms with van der Waals surface area (Å²) < 4.78 is 0. The third-order valence-electron chi connectivity index (χ3n) is 5.13. The molecule has 0 amide bonds. The summed E-state index contributed by atoms with van der Waals surface area (Å²) in [6, 6.07) is 0. The van der Waals surface area contributed by atoms with Crippen LogP contribution in [0.1, 0.15) is 135 Å². The maximum atomic E-state index is 10.4. The van der Waals surface area contributed by atoms with Crippen molar-refractivity contribution in [3.8, 4) is 0 Å². The molecular formula is C24H46O2. The van der Waals surface area contributed by atoms with Gasteiger partial charge in [0.15, 0.2) is 0 Å². The van der Waals surface area contributed by atoms with Gasteiger partial charge in [-0.1, -0.05) is 115 Å². The minimum atomic E-state index is -0.653. The Morgan fingerprint density at radius 3 is 1.31 bits per heavy atom. The van der Waals surface area contributed by atoms with Crippen molar-refractivity contribution >= 4 is 5.97 Å². The number of hydrogen-bond donors (Lipinski definition) is 1. The lowest BCUT2D eigenvalue weighted by Gasteiger charge is -2.03. The first-order valence-electron chi connectivity index (χ1n) is 11.6. The van der Waals surface area contributed by atoms with E-state index in [1.54, 1.807) is 0 Å². The molecule has 0 heterocycles. The molecule has 0 unspecified atom stereocenters. The number of carboxylic acids is 1. The average Bonchev–Trinajstić information content (AvgIpc) is 2.62. The van der Waals surface area contributed by atoms with Crippen molar-refractivity contribution in [3.63, 3.8) is 0 Å². The van der Waals surface area contributed by atoms with Crippen LogP contribution in [0.5, 0.6) is 0 Å². The van der Waals surface area contributed by atoms with E-state index in [1.807, 2.05) is 0 Å². The lowest BCUT2D eigenvalue weighted by atomic mass is 10.0. The Kier molecular flexibility index (Phi) is 21.6. The molecular weight excluding hydrogens is 320 g/mol. The Labute approximate surface area is 163 Å². The normalized spacial score (nSPS) is 11.4. The van der Waals surface area contributed by atoms with Crippen LogP contribution in [0.3, 0.4) is 0 Å². The first kappa shape index (κ1) is 25.2. The SMILES string of the molecule is CCCC=CCCCCCCCCCCCCCCCCCCC(=O)O. The molecule has 0 aromatic carbocycles. The van der Waals surface area contributed by atoms with Gasteiger partial charge in [-0.2, -0.15) is 0 Å². The maximum Gasteiger partial charge on any atom is 0.303 e. The molecule has 0 aliphatic heterocycles. The van der Waals surface area contributed by atoms with Crippen LogP contribution in [0, 0.1) is 0 Å². The van der Waals surface area contributed by atoms with Gasteiger partial charge in [0.05, 0.1) is 0 Å². The molecule has 2 nitrogen and oxygen atoms in total. The molecule has 0 rings (SSSR count). The monoisotopic (exact) mass is 366 g/mol. The highest BCUT2D eigenvalue weighted by Gasteiger charge is 1.97. The summed E-state index contributed by atoms with van der Waals surface area (Å²) in [6.07, 6.45) is 30.1. The van der Waals surface area contributed by atoms with Crippen LogP contribution in [-0.4, -0.2) is 11.1 Å². The smallest absolute Gasteiger partial charge is 0.303 e. The number of aliphatic carboxylic acids is 1. The van der Waals surface area contributed by atoms with Crippen molar-refractivity contribution in [2.75, 3.05) is 0 Å². The van der Waals surface area contributed by atoms with Crippen LogP contribution in [0.2, 0.25) is 0 Å². The van der Waals surface area contributed by atoms with Gasteiger partial charge in [-0.25, -0.2) is 0 Å². The number of carbonyl (C=O) groups is 1. The number of allylic oxidation sites excluding steroid dienone is 2. The second-order valence-electron chi connectivity index (χ2n) is 7.85. The van der Waals surface area contributed by atoms with E-state index in [9.17, 15) is 4.79 Å². The fourth-order valence-electron chi connectivity index (χ4n) is 3.42. The molecule has 1 N–H and O–H groups in total. The van der Waals surface area contributed by atoms with Crippen LogP contribution >= 0.6 is 0 Å². The summed E-state index contributed by atoms with van der Waals surface area (Å²) in [5.74, 6) is -0.653. The Morgan fingerprint density at radius 1 is 0.577 bits per heavy atom. The number of rotatable bonds is 21. The van der Waals surface area contributed by atoms with Crippen LogP contribution in [0.4, 0.5) is 0 Å². The molecule has 0 saturated heterocycles. The van der Waals surface area contributed by atoms with Gasteiger partial charge in [0, 0.05) is 6.42 Å².